The van der Waals surface area contributed by atoms with Gasteiger partial charge in [0.25, 0.3) is 0 Å². The largest absolute Gasteiger partial charge is 0.356 e. The van der Waals surface area contributed by atoms with Crippen LogP contribution in [0.3, 0.4) is 0 Å². The zero-order chi connectivity index (χ0) is 13.2. The van der Waals surface area contributed by atoms with Crippen molar-refractivity contribution in [1.29, 1.82) is 0 Å². The van der Waals surface area contributed by atoms with E-state index < -0.39 is 0 Å². The molecule has 0 bridgehead atoms. The lowest BCUT2D eigenvalue weighted by molar-refractivity contribution is -0.118. The Morgan fingerprint density at radius 3 is 2.78 bits per heavy atom. The number of halogens is 1. The molecule has 0 unspecified atom stereocenters. The van der Waals surface area contributed by atoms with Gasteiger partial charge in [-0.2, -0.15) is 0 Å². The number of carbonyl (C=O) groups is 1. The first kappa shape index (κ1) is 15.3. The second kappa shape index (κ2) is 9.19. The number of carbonyl (C=O) groups excluding carboxylic acids is 1. The Morgan fingerprint density at radius 2 is 2.17 bits per heavy atom. The summed E-state index contributed by atoms with van der Waals surface area (Å²) in [6, 6.07) is 0. The molecule has 1 N–H and O–H groups in total. The van der Waals surface area contributed by atoms with Gasteiger partial charge in [-0.05, 0) is 29.3 Å². The van der Waals surface area contributed by atoms with Crippen molar-refractivity contribution in [3.63, 3.8) is 0 Å². The van der Waals surface area contributed by atoms with Crippen LogP contribution in [0, 0.1) is 5.92 Å². The van der Waals surface area contributed by atoms with E-state index >= 15 is 0 Å². The van der Waals surface area contributed by atoms with Crippen LogP contribution in [0.25, 0.3) is 0 Å². The van der Waals surface area contributed by atoms with Gasteiger partial charge in [0, 0.05) is 32.4 Å². The van der Waals surface area contributed by atoms with Crippen molar-refractivity contribution in [3.8, 4) is 0 Å². The maximum atomic E-state index is 10.7. The highest BCUT2D eigenvalue weighted by molar-refractivity contribution is 14.1. The van der Waals surface area contributed by atoms with Crippen molar-refractivity contribution in [3.05, 3.63) is 34.7 Å². The average molecular weight is 360 g/mol. The topological polar surface area (TPSA) is 32.3 Å². The summed E-state index contributed by atoms with van der Waals surface area (Å²) in [7, 11) is 0. The van der Waals surface area contributed by atoms with Crippen LogP contribution >= 0.6 is 22.6 Å². The van der Waals surface area contributed by atoms with Gasteiger partial charge in [0.05, 0.1) is 0 Å². The highest BCUT2D eigenvalue weighted by atomic mass is 127. The molecule has 1 amide bonds. The van der Waals surface area contributed by atoms with Crippen LogP contribution in [0.4, 0.5) is 0 Å². The fourth-order valence-corrected chi connectivity index (χ4v) is 2.13. The molecule has 0 aliphatic carbocycles. The molecule has 0 saturated heterocycles. The number of hydrogen-bond acceptors (Lipinski definition) is 2. The molecular weight excluding hydrogens is 339 g/mol. The summed E-state index contributed by atoms with van der Waals surface area (Å²) in [5.74, 6) is 0.492. The zero-order valence-electron chi connectivity index (χ0n) is 10.8. The SMILES string of the molecule is CC(=O)NCCC1C=CN(CCC/C=C/I)C=C1. The van der Waals surface area contributed by atoms with Crippen molar-refractivity contribution in [2.45, 2.75) is 26.2 Å². The average Bonchev–Trinajstić information content (AvgIpc) is 2.36. The monoisotopic (exact) mass is 360 g/mol. The Labute approximate surface area is 123 Å². The van der Waals surface area contributed by atoms with Crippen molar-refractivity contribution in [2.75, 3.05) is 13.1 Å². The predicted molar refractivity (Wildman–Crippen MR) is 84.2 cm³/mol. The minimum Gasteiger partial charge on any atom is -0.356 e. The van der Waals surface area contributed by atoms with Gasteiger partial charge < -0.3 is 10.2 Å². The van der Waals surface area contributed by atoms with Gasteiger partial charge in [-0.3, -0.25) is 4.79 Å². The number of nitrogens with zero attached hydrogens (tertiary/aromatic N) is 1. The molecule has 0 saturated carbocycles. The molecule has 0 aromatic heterocycles. The van der Waals surface area contributed by atoms with Gasteiger partial charge >= 0.3 is 0 Å². The number of unbranched alkanes of at least 4 members (excludes halogenated alkanes) is 1. The van der Waals surface area contributed by atoms with E-state index in [4.69, 9.17) is 0 Å². The third kappa shape index (κ3) is 6.83. The van der Waals surface area contributed by atoms with Gasteiger partial charge in [0.2, 0.25) is 5.91 Å². The zero-order valence-corrected chi connectivity index (χ0v) is 13.0. The number of amides is 1. The second-order valence-corrected chi connectivity index (χ2v) is 5.08. The quantitative estimate of drug-likeness (QED) is 0.559. The summed E-state index contributed by atoms with van der Waals surface area (Å²) in [6.45, 7) is 3.36. The van der Waals surface area contributed by atoms with E-state index in [9.17, 15) is 4.79 Å². The fraction of sp³-hybridized carbons (Fsp3) is 0.500. The molecule has 1 aliphatic rings. The molecular formula is C14H21IN2O. The number of allylic oxidation sites excluding steroid dienone is 3. The van der Waals surface area contributed by atoms with Gasteiger partial charge in [-0.25, -0.2) is 0 Å². The molecule has 0 spiro atoms. The summed E-state index contributed by atoms with van der Waals surface area (Å²) in [5, 5.41) is 2.82. The molecule has 4 heteroatoms. The van der Waals surface area contributed by atoms with Crippen LogP contribution in [0.2, 0.25) is 0 Å². The first-order valence-corrected chi connectivity index (χ1v) is 7.59. The molecule has 0 aromatic carbocycles. The van der Waals surface area contributed by atoms with Crippen LogP contribution in [0.15, 0.2) is 34.7 Å². The van der Waals surface area contributed by atoms with Gasteiger partial charge in [-0.1, -0.05) is 40.8 Å². The number of rotatable bonds is 7. The summed E-state index contributed by atoms with van der Waals surface area (Å²) in [6.07, 6.45) is 14.2. The predicted octanol–water partition coefficient (Wildman–Crippen LogP) is 3.20. The van der Waals surface area contributed by atoms with Crippen molar-refractivity contribution < 1.29 is 4.79 Å². The van der Waals surface area contributed by atoms with E-state index in [1.807, 2.05) is 0 Å². The Morgan fingerprint density at radius 1 is 1.44 bits per heavy atom. The first-order valence-electron chi connectivity index (χ1n) is 6.34. The summed E-state index contributed by atoms with van der Waals surface area (Å²) >= 11 is 2.25. The van der Waals surface area contributed by atoms with E-state index in [0.29, 0.717) is 5.92 Å². The first-order chi connectivity index (χ1) is 8.72. The molecule has 1 rings (SSSR count). The number of hydrogen-bond donors (Lipinski definition) is 1. The third-order valence-electron chi connectivity index (χ3n) is 2.78. The third-order valence-corrected chi connectivity index (χ3v) is 3.29. The second-order valence-electron chi connectivity index (χ2n) is 4.36. The van der Waals surface area contributed by atoms with Gasteiger partial charge in [0.15, 0.2) is 0 Å². The van der Waals surface area contributed by atoms with E-state index in [0.717, 1.165) is 25.9 Å². The van der Waals surface area contributed by atoms with E-state index in [2.05, 4.69) is 67.5 Å². The summed E-state index contributed by atoms with van der Waals surface area (Å²) in [5.41, 5.74) is 0. The minimum absolute atomic E-state index is 0.0451. The Balaban J connectivity index is 2.16. The lowest BCUT2D eigenvalue weighted by Crippen LogP contribution is -2.23. The molecule has 0 atom stereocenters. The van der Waals surface area contributed by atoms with E-state index in [1.54, 1.807) is 6.92 Å². The summed E-state index contributed by atoms with van der Waals surface area (Å²) in [4.78, 5) is 13.0. The van der Waals surface area contributed by atoms with Gasteiger partial charge in [0.1, 0.15) is 0 Å². The van der Waals surface area contributed by atoms with Crippen LogP contribution < -0.4 is 5.32 Å². The maximum absolute atomic E-state index is 10.7. The Hall–Kier alpha value is -0.780. The van der Waals surface area contributed by atoms with E-state index in [-0.39, 0.29) is 5.91 Å². The van der Waals surface area contributed by atoms with E-state index in [1.165, 1.54) is 6.42 Å². The standard InChI is InChI=1S/C14H21IN2O/c1-13(18)16-9-5-14-6-11-17(12-7-14)10-4-2-3-8-15/h3,6-8,11-12,14H,2,4-5,9-10H2,1H3,(H,16,18)/b8-3+. The van der Waals surface area contributed by atoms with Gasteiger partial charge in [-0.15, -0.1) is 0 Å². The van der Waals surface area contributed by atoms with Crippen LogP contribution in [0.1, 0.15) is 26.2 Å². The smallest absolute Gasteiger partial charge is 0.216 e. The van der Waals surface area contributed by atoms with Crippen molar-refractivity contribution in [1.82, 2.24) is 10.2 Å². The normalized spacial score (nSPS) is 15.6. The minimum atomic E-state index is 0.0451. The molecule has 1 aliphatic heterocycles. The van der Waals surface area contributed by atoms with Crippen LogP contribution in [-0.4, -0.2) is 23.9 Å². The van der Waals surface area contributed by atoms with Crippen LogP contribution in [-0.2, 0) is 4.79 Å². The molecule has 0 aromatic rings. The Bertz CT molecular complexity index is 323. The molecule has 1 heterocycles. The Kier molecular flexibility index (Phi) is 7.80. The highest BCUT2D eigenvalue weighted by Gasteiger charge is 2.06. The molecule has 18 heavy (non-hydrogen) atoms. The summed E-state index contributed by atoms with van der Waals surface area (Å²) < 4.78 is 2.07. The van der Waals surface area contributed by atoms with Crippen molar-refractivity contribution in [2.24, 2.45) is 5.92 Å². The fourth-order valence-electron chi connectivity index (χ4n) is 1.77. The molecule has 3 nitrogen and oxygen atoms in total. The molecule has 100 valence electrons. The maximum Gasteiger partial charge on any atom is 0.216 e. The number of nitrogens with one attached hydrogen (secondary N) is 1. The highest BCUT2D eigenvalue weighted by Crippen LogP contribution is 2.14. The lowest BCUT2D eigenvalue weighted by Gasteiger charge is -2.21. The van der Waals surface area contributed by atoms with Crippen molar-refractivity contribution >= 4 is 28.5 Å². The molecule has 0 fully saturated rings. The van der Waals surface area contributed by atoms with Crippen LogP contribution in [0.5, 0.6) is 0 Å². The lowest BCUT2D eigenvalue weighted by atomic mass is 10.0. The molecule has 0 radical (unpaired) electrons.